The van der Waals surface area contributed by atoms with Gasteiger partial charge in [0.15, 0.2) is 0 Å². The summed E-state index contributed by atoms with van der Waals surface area (Å²) < 4.78 is 0. The third kappa shape index (κ3) is 8.85. The molecule has 0 saturated carbocycles. The van der Waals surface area contributed by atoms with Crippen LogP contribution in [0.2, 0.25) is 10.0 Å². The van der Waals surface area contributed by atoms with Gasteiger partial charge >= 0.3 is 11.9 Å². The minimum absolute atomic E-state index is 0.446. The van der Waals surface area contributed by atoms with Crippen molar-refractivity contribution >= 4 is 35.1 Å². The molecule has 0 aliphatic carbocycles. The molecule has 0 bridgehead atoms. The second kappa shape index (κ2) is 11.5. The maximum Gasteiger partial charge on any atom is 0.414 e. The Bertz CT molecular complexity index is 711. The molecule has 140 valence electrons. The third-order valence-corrected chi connectivity index (χ3v) is 4.13. The minimum atomic E-state index is -1.82. The first-order valence-corrected chi connectivity index (χ1v) is 8.72. The van der Waals surface area contributed by atoms with Gasteiger partial charge in [0.25, 0.3) is 0 Å². The lowest BCUT2D eigenvalue weighted by Crippen LogP contribution is -2.26. The largest absolute Gasteiger partial charge is 0.473 e. The van der Waals surface area contributed by atoms with Gasteiger partial charge in [-0.1, -0.05) is 59.6 Å². The molecule has 2 aromatic carbocycles. The summed E-state index contributed by atoms with van der Waals surface area (Å²) >= 11 is 12.1. The van der Waals surface area contributed by atoms with Crippen molar-refractivity contribution in [3.05, 3.63) is 69.7 Å². The molecule has 0 aromatic heterocycles. The van der Waals surface area contributed by atoms with Crippen LogP contribution in [0.4, 0.5) is 0 Å². The first-order valence-electron chi connectivity index (χ1n) is 7.97. The molecule has 0 spiro atoms. The van der Waals surface area contributed by atoms with Crippen LogP contribution in [0.15, 0.2) is 48.5 Å². The van der Waals surface area contributed by atoms with E-state index in [4.69, 9.17) is 43.0 Å². The molecule has 0 amide bonds. The van der Waals surface area contributed by atoms with Crippen LogP contribution in [0.5, 0.6) is 0 Å². The Morgan fingerprint density at radius 2 is 1.65 bits per heavy atom. The zero-order valence-corrected chi connectivity index (χ0v) is 15.8. The highest BCUT2D eigenvalue weighted by Crippen LogP contribution is 2.21. The lowest BCUT2D eigenvalue weighted by molar-refractivity contribution is -0.159. The summed E-state index contributed by atoms with van der Waals surface area (Å²) in [5, 5.41) is 19.7. The summed E-state index contributed by atoms with van der Waals surface area (Å²) in [6, 6.07) is 16.6. The van der Waals surface area contributed by atoms with Crippen LogP contribution >= 0.6 is 23.2 Å². The van der Waals surface area contributed by atoms with Gasteiger partial charge < -0.3 is 15.5 Å². The van der Waals surface area contributed by atoms with E-state index in [1.54, 1.807) is 6.07 Å². The molecule has 3 N–H and O–H groups in total. The zero-order valence-electron chi connectivity index (χ0n) is 14.3. The van der Waals surface area contributed by atoms with Crippen molar-refractivity contribution in [1.29, 1.82) is 0 Å². The summed E-state index contributed by atoms with van der Waals surface area (Å²) in [6.07, 6.45) is 2.19. The van der Waals surface area contributed by atoms with Crippen molar-refractivity contribution in [3.63, 3.8) is 0 Å². The van der Waals surface area contributed by atoms with Crippen LogP contribution in [-0.4, -0.2) is 28.2 Å². The van der Waals surface area contributed by atoms with E-state index in [1.807, 2.05) is 18.2 Å². The van der Waals surface area contributed by atoms with Crippen LogP contribution < -0.4 is 5.32 Å². The van der Waals surface area contributed by atoms with Gasteiger partial charge in [-0.2, -0.15) is 0 Å². The van der Waals surface area contributed by atoms with E-state index in [2.05, 4.69) is 36.5 Å². The molecule has 2 rings (SSSR count). The first kappa shape index (κ1) is 22.0. The standard InChI is InChI=1S/C17H19Cl2N.C2H2O4/c1-13(7-8-14-5-3-2-4-6-14)20-12-15-9-10-16(18)11-17(15)19;3-1(4)2(5)6/h2-6,9-11,13,20H,7-8,12H2,1H3;(H,3,4)(H,5,6). The topological polar surface area (TPSA) is 86.6 Å². The van der Waals surface area contributed by atoms with Gasteiger partial charge in [-0.05, 0) is 43.0 Å². The molecule has 2 aromatic rings. The number of rotatable bonds is 6. The Balaban J connectivity index is 0.000000487. The lowest BCUT2D eigenvalue weighted by Gasteiger charge is -2.14. The molecule has 1 unspecified atom stereocenters. The van der Waals surface area contributed by atoms with Gasteiger partial charge in [0.05, 0.1) is 0 Å². The van der Waals surface area contributed by atoms with E-state index in [0.29, 0.717) is 11.1 Å². The van der Waals surface area contributed by atoms with Gasteiger partial charge in [0.1, 0.15) is 0 Å². The summed E-state index contributed by atoms with van der Waals surface area (Å²) in [7, 11) is 0. The van der Waals surface area contributed by atoms with Crippen molar-refractivity contribution in [1.82, 2.24) is 5.32 Å². The van der Waals surface area contributed by atoms with E-state index >= 15 is 0 Å². The summed E-state index contributed by atoms with van der Waals surface area (Å²) in [5.74, 6) is -3.65. The van der Waals surface area contributed by atoms with E-state index < -0.39 is 11.9 Å². The number of carboxylic acids is 2. The molecule has 0 saturated heterocycles. The molecular weight excluding hydrogens is 377 g/mol. The predicted octanol–water partition coefficient (Wildman–Crippen LogP) is 4.26. The highest BCUT2D eigenvalue weighted by Gasteiger charge is 2.05. The monoisotopic (exact) mass is 397 g/mol. The zero-order chi connectivity index (χ0) is 19.5. The van der Waals surface area contributed by atoms with Crippen LogP contribution in [-0.2, 0) is 22.6 Å². The molecule has 0 aliphatic rings. The fourth-order valence-electron chi connectivity index (χ4n) is 2.08. The first-order chi connectivity index (χ1) is 12.3. The van der Waals surface area contributed by atoms with E-state index in [-0.39, 0.29) is 0 Å². The second-order valence-corrected chi connectivity index (χ2v) is 6.50. The summed E-state index contributed by atoms with van der Waals surface area (Å²) in [6.45, 7) is 2.97. The van der Waals surface area contributed by atoms with Gasteiger partial charge in [-0.3, -0.25) is 0 Å². The number of carboxylic acid groups (broad SMARTS) is 2. The number of halogens is 2. The van der Waals surface area contributed by atoms with Crippen LogP contribution in [0.25, 0.3) is 0 Å². The number of aryl methyl sites for hydroxylation is 1. The normalized spacial score (nSPS) is 11.2. The second-order valence-electron chi connectivity index (χ2n) is 5.65. The number of aliphatic carboxylic acids is 2. The number of carbonyl (C=O) groups is 2. The predicted molar refractivity (Wildman–Crippen MR) is 103 cm³/mol. The van der Waals surface area contributed by atoms with Crippen molar-refractivity contribution in [2.24, 2.45) is 0 Å². The molecule has 5 nitrogen and oxygen atoms in total. The molecule has 0 heterocycles. The number of nitrogens with one attached hydrogen (secondary N) is 1. The third-order valence-electron chi connectivity index (χ3n) is 3.55. The average molecular weight is 398 g/mol. The molecule has 0 fully saturated rings. The van der Waals surface area contributed by atoms with E-state index in [9.17, 15) is 0 Å². The smallest absolute Gasteiger partial charge is 0.414 e. The quantitative estimate of drug-likeness (QED) is 0.633. The SMILES string of the molecule is CC(CCc1ccccc1)NCc1ccc(Cl)cc1Cl.O=C(O)C(=O)O. The maximum atomic E-state index is 9.10. The Kier molecular flexibility index (Phi) is 9.73. The molecule has 1 atom stereocenters. The highest BCUT2D eigenvalue weighted by molar-refractivity contribution is 6.35. The number of benzene rings is 2. The average Bonchev–Trinajstić information content (AvgIpc) is 2.60. The number of hydrogen-bond donors (Lipinski definition) is 3. The fraction of sp³-hybridized carbons (Fsp3) is 0.263. The van der Waals surface area contributed by atoms with E-state index in [1.165, 1.54) is 5.56 Å². The van der Waals surface area contributed by atoms with Crippen molar-refractivity contribution in [2.45, 2.75) is 32.4 Å². The van der Waals surface area contributed by atoms with Gasteiger partial charge in [0, 0.05) is 22.6 Å². The van der Waals surface area contributed by atoms with Crippen molar-refractivity contribution in [3.8, 4) is 0 Å². The minimum Gasteiger partial charge on any atom is -0.473 e. The summed E-state index contributed by atoms with van der Waals surface area (Å²) in [4.78, 5) is 18.2. The molecule has 0 aliphatic heterocycles. The molecule has 26 heavy (non-hydrogen) atoms. The Morgan fingerprint density at radius 1 is 1.04 bits per heavy atom. The van der Waals surface area contributed by atoms with Crippen LogP contribution in [0.1, 0.15) is 24.5 Å². The molecule has 7 heteroatoms. The van der Waals surface area contributed by atoms with Gasteiger partial charge in [0.2, 0.25) is 0 Å². The van der Waals surface area contributed by atoms with Crippen LogP contribution in [0, 0.1) is 0 Å². The fourth-order valence-corrected chi connectivity index (χ4v) is 2.55. The van der Waals surface area contributed by atoms with Crippen LogP contribution in [0.3, 0.4) is 0 Å². The Hall–Kier alpha value is -2.08. The van der Waals surface area contributed by atoms with Gasteiger partial charge in [-0.15, -0.1) is 0 Å². The summed E-state index contributed by atoms with van der Waals surface area (Å²) in [5.41, 5.74) is 2.47. The van der Waals surface area contributed by atoms with Gasteiger partial charge in [-0.25, -0.2) is 9.59 Å². The molecular formula is C19H21Cl2NO4. The number of hydrogen-bond acceptors (Lipinski definition) is 3. The lowest BCUT2D eigenvalue weighted by atomic mass is 10.1. The van der Waals surface area contributed by atoms with E-state index in [0.717, 1.165) is 30.0 Å². The maximum absolute atomic E-state index is 9.10. The van der Waals surface area contributed by atoms with Crippen molar-refractivity contribution in [2.75, 3.05) is 0 Å². The Labute approximate surface area is 162 Å². The van der Waals surface area contributed by atoms with Crippen molar-refractivity contribution < 1.29 is 19.8 Å². The highest BCUT2D eigenvalue weighted by atomic mass is 35.5. The molecule has 0 radical (unpaired) electrons. The Morgan fingerprint density at radius 3 is 2.19 bits per heavy atom.